The molecule has 0 amide bonds. The fourth-order valence-corrected chi connectivity index (χ4v) is 4.89. The Kier molecular flexibility index (Phi) is 8.47. The highest BCUT2D eigenvalue weighted by Gasteiger charge is 2.34. The van der Waals surface area contributed by atoms with Crippen molar-refractivity contribution in [2.24, 2.45) is 23.7 Å². The Morgan fingerprint density at radius 1 is 0.826 bits per heavy atom. The number of hydrogen-bond acceptors (Lipinski definition) is 1. The van der Waals surface area contributed by atoms with Gasteiger partial charge in [-0.15, -0.1) is 0 Å². The molecule has 2 aliphatic carbocycles. The summed E-state index contributed by atoms with van der Waals surface area (Å²) in [5, 5.41) is 8.65. The first-order chi connectivity index (χ1) is 11.2. The predicted octanol–water partition coefficient (Wildman–Crippen LogP) is 6.43. The molecule has 0 bridgehead atoms. The van der Waals surface area contributed by atoms with Crippen LogP contribution in [0.4, 0.5) is 0 Å². The van der Waals surface area contributed by atoms with Crippen molar-refractivity contribution in [3.05, 3.63) is 0 Å². The quantitative estimate of drug-likeness (QED) is 0.396. The van der Waals surface area contributed by atoms with Crippen molar-refractivity contribution in [2.45, 2.75) is 103 Å². The van der Waals surface area contributed by atoms with Gasteiger partial charge in [0.15, 0.2) is 0 Å². The lowest BCUT2D eigenvalue weighted by atomic mass is 9.86. The molecule has 2 unspecified atom stereocenters. The summed E-state index contributed by atoms with van der Waals surface area (Å²) in [6.07, 6.45) is 19.5. The van der Waals surface area contributed by atoms with E-state index in [2.05, 4.69) is 6.92 Å². The monoisotopic (exact) mass is 322 g/mol. The summed E-state index contributed by atoms with van der Waals surface area (Å²) in [5.41, 5.74) is 0. The first-order valence-electron chi connectivity index (χ1n) is 10.4. The molecule has 4 atom stereocenters. The van der Waals surface area contributed by atoms with Crippen molar-refractivity contribution in [2.75, 3.05) is 0 Å². The van der Waals surface area contributed by atoms with E-state index in [4.69, 9.17) is 5.11 Å². The van der Waals surface area contributed by atoms with Crippen molar-refractivity contribution in [3.63, 3.8) is 0 Å². The summed E-state index contributed by atoms with van der Waals surface area (Å²) in [5.74, 6) is 3.52. The first kappa shape index (κ1) is 18.8. The molecule has 1 N–H and O–H groups in total. The second-order valence-electron chi connectivity index (χ2n) is 8.25. The van der Waals surface area contributed by atoms with Crippen molar-refractivity contribution < 1.29 is 9.90 Å². The highest BCUT2D eigenvalue weighted by molar-refractivity contribution is 5.66. The van der Waals surface area contributed by atoms with Gasteiger partial charge in [0.1, 0.15) is 0 Å². The Labute approximate surface area is 143 Å². The van der Waals surface area contributed by atoms with Gasteiger partial charge in [0.25, 0.3) is 0 Å². The van der Waals surface area contributed by atoms with Gasteiger partial charge in [0.2, 0.25) is 0 Å². The third-order valence-corrected chi connectivity index (χ3v) is 6.53. The highest BCUT2D eigenvalue weighted by Crippen LogP contribution is 2.45. The van der Waals surface area contributed by atoms with Crippen molar-refractivity contribution >= 4 is 5.97 Å². The molecule has 2 rings (SSSR count). The fourth-order valence-electron chi connectivity index (χ4n) is 4.89. The lowest BCUT2D eigenvalue weighted by Crippen LogP contribution is -2.08. The molecule has 2 heteroatoms. The third-order valence-electron chi connectivity index (χ3n) is 6.53. The second kappa shape index (κ2) is 10.4. The second-order valence-corrected chi connectivity index (χ2v) is 8.25. The van der Waals surface area contributed by atoms with E-state index in [9.17, 15) is 4.79 Å². The van der Waals surface area contributed by atoms with Crippen LogP contribution >= 0.6 is 0 Å². The van der Waals surface area contributed by atoms with Crippen LogP contribution in [0.25, 0.3) is 0 Å². The molecule has 0 aromatic rings. The maximum absolute atomic E-state index is 10.5. The number of carbonyl (C=O) groups is 1. The normalized spacial score (nSPS) is 29.8. The molecule has 0 spiro atoms. The van der Waals surface area contributed by atoms with Crippen LogP contribution in [0.15, 0.2) is 0 Å². The Morgan fingerprint density at radius 2 is 1.39 bits per heavy atom. The van der Waals surface area contributed by atoms with E-state index >= 15 is 0 Å². The zero-order valence-electron chi connectivity index (χ0n) is 15.3. The third kappa shape index (κ3) is 7.27. The number of rotatable bonds is 13. The van der Waals surface area contributed by atoms with Gasteiger partial charge in [-0.25, -0.2) is 0 Å². The molecule has 2 fully saturated rings. The zero-order valence-corrected chi connectivity index (χ0v) is 15.3. The van der Waals surface area contributed by atoms with E-state index in [1.54, 1.807) is 0 Å². The van der Waals surface area contributed by atoms with E-state index in [-0.39, 0.29) is 0 Å². The number of hydrogen-bond donors (Lipinski definition) is 1. The van der Waals surface area contributed by atoms with Crippen LogP contribution in [0.1, 0.15) is 103 Å². The van der Waals surface area contributed by atoms with E-state index < -0.39 is 5.97 Å². The van der Waals surface area contributed by atoms with Crippen molar-refractivity contribution in [1.82, 2.24) is 0 Å². The van der Waals surface area contributed by atoms with Gasteiger partial charge in [-0.1, -0.05) is 84.0 Å². The fraction of sp³-hybridized carbons (Fsp3) is 0.952. The number of carboxylic acids is 1. The predicted molar refractivity (Wildman–Crippen MR) is 96.5 cm³/mol. The summed E-state index contributed by atoms with van der Waals surface area (Å²) in [6, 6.07) is 0. The van der Waals surface area contributed by atoms with Crippen LogP contribution < -0.4 is 0 Å². The average Bonchev–Trinajstić information content (AvgIpc) is 3.15. The molecule has 2 nitrogen and oxygen atoms in total. The van der Waals surface area contributed by atoms with Gasteiger partial charge in [-0.2, -0.15) is 0 Å². The van der Waals surface area contributed by atoms with Gasteiger partial charge >= 0.3 is 5.97 Å². The molecule has 0 heterocycles. The standard InChI is InChI=1S/C21H38O2/c1-2-17-16-20(17)12-8-7-11-19-14-9-13-18(19)10-5-3-4-6-15-21(22)23/h17-20H,2-16H2,1H3,(H,22,23)/t17?,18-,19-,20?/m0/s1. The Morgan fingerprint density at radius 3 is 1.96 bits per heavy atom. The maximum atomic E-state index is 10.5. The molecule has 23 heavy (non-hydrogen) atoms. The molecule has 0 aliphatic heterocycles. The smallest absolute Gasteiger partial charge is 0.303 e. The van der Waals surface area contributed by atoms with Gasteiger partial charge in [-0.05, 0) is 36.5 Å². The topological polar surface area (TPSA) is 37.3 Å². The zero-order chi connectivity index (χ0) is 16.5. The van der Waals surface area contributed by atoms with E-state index in [0.29, 0.717) is 6.42 Å². The van der Waals surface area contributed by atoms with Crippen LogP contribution in [-0.4, -0.2) is 11.1 Å². The van der Waals surface area contributed by atoms with Crippen LogP contribution in [-0.2, 0) is 4.79 Å². The minimum absolute atomic E-state index is 0.353. The molecule has 0 aromatic heterocycles. The van der Waals surface area contributed by atoms with Crippen LogP contribution in [0, 0.1) is 23.7 Å². The van der Waals surface area contributed by atoms with E-state index in [0.717, 1.165) is 36.5 Å². The largest absolute Gasteiger partial charge is 0.481 e. The van der Waals surface area contributed by atoms with Crippen LogP contribution in [0.2, 0.25) is 0 Å². The number of carboxylic acid groups (broad SMARTS) is 1. The van der Waals surface area contributed by atoms with Gasteiger partial charge < -0.3 is 5.11 Å². The summed E-state index contributed by atoms with van der Waals surface area (Å²) < 4.78 is 0. The Balaban J connectivity index is 1.47. The summed E-state index contributed by atoms with van der Waals surface area (Å²) in [4.78, 5) is 10.5. The van der Waals surface area contributed by atoms with Gasteiger partial charge in [-0.3, -0.25) is 4.79 Å². The summed E-state index contributed by atoms with van der Waals surface area (Å²) in [6.45, 7) is 2.34. The molecule has 134 valence electrons. The maximum Gasteiger partial charge on any atom is 0.303 e. The molecular weight excluding hydrogens is 284 g/mol. The lowest BCUT2D eigenvalue weighted by molar-refractivity contribution is -0.137. The molecule has 0 radical (unpaired) electrons. The minimum atomic E-state index is -0.641. The van der Waals surface area contributed by atoms with E-state index in [1.165, 1.54) is 77.0 Å². The molecule has 0 saturated heterocycles. The number of aliphatic carboxylic acids is 1. The van der Waals surface area contributed by atoms with Crippen molar-refractivity contribution in [3.8, 4) is 0 Å². The SMILES string of the molecule is CCC1CC1CCCC[C@H]1CCC[C@@H]1CCCCCCC(=O)O. The minimum Gasteiger partial charge on any atom is -0.481 e. The molecule has 2 saturated carbocycles. The Hall–Kier alpha value is -0.530. The van der Waals surface area contributed by atoms with Crippen molar-refractivity contribution in [1.29, 1.82) is 0 Å². The average molecular weight is 323 g/mol. The first-order valence-corrected chi connectivity index (χ1v) is 10.4. The highest BCUT2D eigenvalue weighted by atomic mass is 16.4. The lowest BCUT2D eigenvalue weighted by Gasteiger charge is -2.19. The number of unbranched alkanes of at least 4 members (excludes halogenated alkanes) is 4. The molecule has 0 aromatic carbocycles. The van der Waals surface area contributed by atoms with Gasteiger partial charge in [0, 0.05) is 6.42 Å². The summed E-state index contributed by atoms with van der Waals surface area (Å²) in [7, 11) is 0. The van der Waals surface area contributed by atoms with Gasteiger partial charge in [0.05, 0.1) is 0 Å². The van der Waals surface area contributed by atoms with Crippen LogP contribution in [0.3, 0.4) is 0 Å². The van der Waals surface area contributed by atoms with E-state index in [1.807, 2.05) is 0 Å². The Bertz CT molecular complexity index is 339. The molecular formula is C21H38O2. The molecule has 2 aliphatic rings. The van der Waals surface area contributed by atoms with Crippen LogP contribution in [0.5, 0.6) is 0 Å². The summed E-state index contributed by atoms with van der Waals surface area (Å²) >= 11 is 0.